The molecule has 2 rings (SSSR count). The normalized spacial score (nSPS) is 19.2. The molecule has 0 spiro atoms. The molecule has 0 amide bonds. The van der Waals surface area contributed by atoms with Crippen LogP contribution in [0.2, 0.25) is 0 Å². The molecule has 0 saturated heterocycles. The van der Waals surface area contributed by atoms with E-state index in [4.69, 9.17) is 0 Å². The van der Waals surface area contributed by atoms with Crippen LogP contribution in [-0.2, 0) is 10.0 Å². The van der Waals surface area contributed by atoms with Crippen molar-refractivity contribution in [2.45, 2.75) is 36.2 Å². The Bertz CT molecular complexity index is 564. The van der Waals surface area contributed by atoms with Crippen molar-refractivity contribution < 1.29 is 13.5 Å². The van der Waals surface area contributed by atoms with Gasteiger partial charge in [0, 0.05) is 13.6 Å². The van der Waals surface area contributed by atoms with Crippen molar-refractivity contribution in [1.82, 2.24) is 4.31 Å². The summed E-state index contributed by atoms with van der Waals surface area (Å²) in [6.45, 7) is 0.148. The summed E-state index contributed by atoms with van der Waals surface area (Å²) in [5, 5.41) is 10.3. The van der Waals surface area contributed by atoms with Gasteiger partial charge in [0.25, 0.3) is 0 Å². The molecule has 1 aliphatic rings. The number of aliphatic hydroxyl groups is 1. The van der Waals surface area contributed by atoms with Crippen molar-refractivity contribution in [3.63, 3.8) is 0 Å². The zero-order valence-corrected chi connectivity index (χ0v) is 15.2. The maximum Gasteiger partial charge on any atom is 0.244 e. The number of thiophene rings is 1. The Kier molecular flexibility index (Phi) is 4.80. The Morgan fingerprint density at radius 2 is 2.00 bits per heavy atom. The van der Waals surface area contributed by atoms with E-state index in [1.54, 1.807) is 6.07 Å². The van der Waals surface area contributed by atoms with Gasteiger partial charge in [-0.05, 0) is 50.8 Å². The van der Waals surface area contributed by atoms with Crippen molar-refractivity contribution in [2.24, 2.45) is 0 Å². The summed E-state index contributed by atoms with van der Waals surface area (Å²) in [5.41, 5.74) is -0.873. The van der Waals surface area contributed by atoms with E-state index >= 15 is 0 Å². The summed E-state index contributed by atoms with van der Waals surface area (Å²) in [7, 11) is -2.05. The van der Waals surface area contributed by atoms with Gasteiger partial charge in [0.05, 0.1) is 13.2 Å². The van der Waals surface area contributed by atoms with Gasteiger partial charge in [0.15, 0.2) is 0 Å². The summed E-state index contributed by atoms with van der Waals surface area (Å²) in [5.74, 6) is 0. The summed E-state index contributed by atoms with van der Waals surface area (Å²) >= 11 is 7.87. The Hall–Kier alpha value is 0.530. The lowest BCUT2D eigenvalue weighted by Crippen LogP contribution is -2.41. The Morgan fingerprint density at radius 3 is 2.47 bits per heavy atom. The number of hydrogen-bond donors (Lipinski definition) is 1. The molecule has 0 bridgehead atoms. The average molecular weight is 433 g/mol. The number of nitrogens with zero attached hydrogens (tertiary/aromatic N) is 1. The Labute approximate surface area is 134 Å². The molecule has 1 aromatic rings. The smallest absolute Gasteiger partial charge is 0.244 e. The number of halogens is 2. The summed E-state index contributed by atoms with van der Waals surface area (Å²) in [6, 6.07) is 1.58. The molecular weight excluding hydrogens is 418 g/mol. The van der Waals surface area contributed by atoms with Gasteiger partial charge in [-0.2, -0.15) is 4.31 Å². The van der Waals surface area contributed by atoms with E-state index < -0.39 is 15.6 Å². The van der Waals surface area contributed by atoms with Gasteiger partial charge in [-0.15, -0.1) is 11.3 Å². The number of likely N-dealkylation sites (N-methyl/N-ethyl adjacent to an activating group) is 1. The SMILES string of the molecule is CN(CC1(O)CCCC1)S(=O)(=O)c1cc(Br)sc1Br. The number of hydrogen-bond acceptors (Lipinski definition) is 4. The van der Waals surface area contributed by atoms with Crippen molar-refractivity contribution in [1.29, 1.82) is 0 Å². The van der Waals surface area contributed by atoms with Crippen LogP contribution in [0, 0.1) is 0 Å². The average Bonchev–Trinajstić information content (AvgIpc) is 2.85. The first-order valence-corrected chi connectivity index (χ1v) is 9.72. The first-order chi connectivity index (χ1) is 8.74. The van der Waals surface area contributed by atoms with Crippen LogP contribution in [0.1, 0.15) is 25.7 Å². The number of rotatable bonds is 4. The monoisotopic (exact) mass is 431 g/mol. The van der Waals surface area contributed by atoms with Crippen LogP contribution < -0.4 is 0 Å². The van der Waals surface area contributed by atoms with Crippen LogP contribution in [0.5, 0.6) is 0 Å². The van der Waals surface area contributed by atoms with Crippen LogP contribution in [0.15, 0.2) is 18.5 Å². The zero-order valence-electron chi connectivity index (χ0n) is 10.4. The van der Waals surface area contributed by atoms with Crippen LogP contribution in [0.4, 0.5) is 0 Å². The molecule has 1 saturated carbocycles. The lowest BCUT2D eigenvalue weighted by molar-refractivity contribution is 0.0333. The third-order valence-corrected chi connectivity index (χ3v) is 7.92. The molecule has 0 atom stereocenters. The van der Waals surface area contributed by atoms with Gasteiger partial charge in [0.1, 0.15) is 4.90 Å². The highest BCUT2D eigenvalue weighted by molar-refractivity contribution is 9.12. The maximum absolute atomic E-state index is 12.5. The molecule has 8 heteroatoms. The minimum Gasteiger partial charge on any atom is -0.389 e. The highest BCUT2D eigenvalue weighted by Gasteiger charge is 2.36. The van der Waals surface area contributed by atoms with Gasteiger partial charge in [-0.1, -0.05) is 12.8 Å². The van der Waals surface area contributed by atoms with E-state index in [-0.39, 0.29) is 11.4 Å². The van der Waals surface area contributed by atoms with E-state index in [0.717, 1.165) is 16.6 Å². The van der Waals surface area contributed by atoms with Gasteiger partial charge < -0.3 is 5.11 Å². The predicted molar refractivity (Wildman–Crippen MR) is 83.0 cm³/mol. The van der Waals surface area contributed by atoms with E-state index in [1.807, 2.05) is 0 Å². The Morgan fingerprint density at radius 1 is 1.42 bits per heavy atom. The third-order valence-electron chi connectivity index (χ3n) is 3.36. The second-order valence-electron chi connectivity index (χ2n) is 4.88. The Balaban J connectivity index is 2.22. The molecular formula is C11H15Br2NO3S2. The van der Waals surface area contributed by atoms with Crippen molar-refractivity contribution in [2.75, 3.05) is 13.6 Å². The fourth-order valence-corrected chi connectivity index (χ4v) is 7.37. The molecule has 0 radical (unpaired) electrons. The minimum absolute atomic E-state index is 0.148. The van der Waals surface area contributed by atoms with E-state index in [9.17, 15) is 13.5 Å². The van der Waals surface area contributed by atoms with Crippen LogP contribution >= 0.6 is 43.2 Å². The first-order valence-electron chi connectivity index (χ1n) is 5.88. The quantitative estimate of drug-likeness (QED) is 0.794. The minimum atomic E-state index is -3.57. The third kappa shape index (κ3) is 3.41. The van der Waals surface area contributed by atoms with E-state index in [1.165, 1.54) is 22.7 Å². The highest BCUT2D eigenvalue weighted by Crippen LogP contribution is 2.37. The van der Waals surface area contributed by atoms with Crippen molar-refractivity contribution in [3.8, 4) is 0 Å². The molecule has 1 aromatic heterocycles. The molecule has 1 fully saturated rings. The first kappa shape index (κ1) is 15.9. The zero-order chi connectivity index (χ0) is 14.3. The molecule has 1 N–H and O–H groups in total. The summed E-state index contributed by atoms with van der Waals surface area (Å²) < 4.78 is 27.5. The number of sulfonamides is 1. The second-order valence-corrected chi connectivity index (χ2v) is 10.6. The molecule has 0 aliphatic heterocycles. The van der Waals surface area contributed by atoms with Gasteiger partial charge in [-0.25, -0.2) is 8.42 Å². The second kappa shape index (κ2) is 5.73. The summed E-state index contributed by atoms with van der Waals surface area (Å²) in [4.78, 5) is 0.244. The van der Waals surface area contributed by atoms with Crippen molar-refractivity contribution >= 4 is 53.2 Å². The topological polar surface area (TPSA) is 57.6 Å². The fourth-order valence-electron chi connectivity index (χ4n) is 2.36. The van der Waals surface area contributed by atoms with E-state index in [2.05, 4.69) is 31.9 Å². The standard InChI is InChI=1S/C11H15Br2NO3S2/c1-14(7-11(15)4-2-3-5-11)19(16,17)8-6-9(12)18-10(8)13/h6,15H,2-5,7H2,1H3. The van der Waals surface area contributed by atoms with Gasteiger partial charge in [0.2, 0.25) is 10.0 Å². The molecule has 1 aliphatic carbocycles. The highest BCUT2D eigenvalue weighted by atomic mass is 79.9. The molecule has 4 nitrogen and oxygen atoms in total. The molecule has 19 heavy (non-hydrogen) atoms. The van der Waals surface area contributed by atoms with Gasteiger partial charge in [-0.3, -0.25) is 0 Å². The van der Waals surface area contributed by atoms with Crippen LogP contribution in [-0.4, -0.2) is 37.0 Å². The van der Waals surface area contributed by atoms with E-state index in [0.29, 0.717) is 16.6 Å². The molecule has 108 valence electrons. The molecule has 0 unspecified atom stereocenters. The largest absolute Gasteiger partial charge is 0.389 e. The van der Waals surface area contributed by atoms with Crippen LogP contribution in [0.3, 0.4) is 0 Å². The predicted octanol–water partition coefficient (Wildman–Crippen LogP) is 3.20. The molecule has 0 aromatic carbocycles. The van der Waals surface area contributed by atoms with Crippen LogP contribution in [0.25, 0.3) is 0 Å². The summed E-state index contributed by atoms with van der Waals surface area (Å²) in [6.07, 6.45) is 3.25. The fraction of sp³-hybridized carbons (Fsp3) is 0.636. The van der Waals surface area contributed by atoms with Gasteiger partial charge >= 0.3 is 0 Å². The van der Waals surface area contributed by atoms with Crippen molar-refractivity contribution in [3.05, 3.63) is 13.6 Å². The lowest BCUT2D eigenvalue weighted by atomic mass is 10.0. The molecule has 1 heterocycles. The lowest BCUT2D eigenvalue weighted by Gasteiger charge is -2.27. The maximum atomic E-state index is 12.5.